The monoisotopic (exact) mass is 400 g/mol. The highest BCUT2D eigenvalue weighted by molar-refractivity contribution is 5.93. The summed E-state index contributed by atoms with van der Waals surface area (Å²) in [5.74, 6) is -0.495. The van der Waals surface area contributed by atoms with Crippen molar-refractivity contribution in [3.63, 3.8) is 0 Å². The van der Waals surface area contributed by atoms with Gasteiger partial charge in [-0.3, -0.25) is 4.79 Å². The SMILES string of the molecule is O=C(c1cc2nc(C3CC3)cc(C(F)F)n2n1)N1CCC[C@H]1c1cccc(F)c1. The van der Waals surface area contributed by atoms with Crippen molar-refractivity contribution in [2.75, 3.05) is 6.54 Å². The standard InChI is InChI=1S/C21H19F3N4O/c22-14-4-1-3-13(9-14)17-5-2-8-27(17)21(29)16-11-19-25-15(12-6-7-12)10-18(20(23)24)28(19)26-16/h1,3-4,9-12,17,20H,2,5-8H2/t17-/m0/s1. The third-order valence-corrected chi connectivity index (χ3v) is 5.66. The lowest BCUT2D eigenvalue weighted by atomic mass is 10.0. The van der Waals surface area contributed by atoms with E-state index in [2.05, 4.69) is 10.1 Å². The largest absolute Gasteiger partial charge is 0.330 e. The van der Waals surface area contributed by atoms with Crippen LogP contribution in [0.5, 0.6) is 0 Å². The number of benzene rings is 1. The molecular formula is C21H19F3N4O. The number of nitrogens with zero attached hydrogens (tertiary/aromatic N) is 4. The van der Waals surface area contributed by atoms with E-state index in [0.29, 0.717) is 12.2 Å². The normalized spacial score (nSPS) is 19.4. The maximum atomic E-state index is 13.6. The van der Waals surface area contributed by atoms with Crippen molar-refractivity contribution in [2.24, 2.45) is 0 Å². The smallest absolute Gasteiger partial charge is 0.280 e. The minimum atomic E-state index is -2.72. The van der Waals surface area contributed by atoms with Gasteiger partial charge < -0.3 is 4.90 Å². The Morgan fingerprint density at radius 2 is 1.97 bits per heavy atom. The highest BCUT2D eigenvalue weighted by atomic mass is 19.3. The topological polar surface area (TPSA) is 50.5 Å². The number of hydrogen-bond acceptors (Lipinski definition) is 3. The molecule has 3 heterocycles. The number of halogens is 3. The molecule has 150 valence electrons. The van der Waals surface area contributed by atoms with E-state index < -0.39 is 6.43 Å². The molecule has 1 aromatic carbocycles. The molecular weight excluding hydrogens is 381 g/mol. The number of aromatic nitrogens is 3. The van der Waals surface area contributed by atoms with Gasteiger partial charge in [-0.05, 0) is 49.4 Å². The first-order chi connectivity index (χ1) is 14.0. The number of likely N-dealkylation sites (tertiary alicyclic amines) is 1. The van der Waals surface area contributed by atoms with Crippen molar-refractivity contribution >= 4 is 11.6 Å². The van der Waals surface area contributed by atoms with Crippen molar-refractivity contribution in [2.45, 2.75) is 44.1 Å². The number of hydrogen-bond donors (Lipinski definition) is 0. The summed E-state index contributed by atoms with van der Waals surface area (Å²) >= 11 is 0. The number of carbonyl (C=O) groups is 1. The molecule has 2 aromatic heterocycles. The van der Waals surface area contributed by atoms with Gasteiger partial charge in [-0.2, -0.15) is 5.10 Å². The van der Waals surface area contributed by atoms with Crippen LogP contribution in [0.4, 0.5) is 13.2 Å². The van der Waals surface area contributed by atoms with Gasteiger partial charge in [0.15, 0.2) is 11.3 Å². The molecule has 1 saturated heterocycles. The number of fused-ring (bicyclic) bond motifs is 1. The third kappa shape index (κ3) is 3.26. The van der Waals surface area contributed by atoms with Crippen LogP contribution in [0.3, 0.4) is 0 Å². The second-order valence-electron chi connectivity index (χ2n) is 7.69. The first-order valence-electron chi connectivity index (χ1n) is 9.76. The average molecular weight is 400 g/mol. The fourth-order valence-electron chi connectivity index (χ4n) is 4.08. The van der Waals surface area contributed by atoms with Crippen LogP contribution < -0.4 is 0 Å². The molecule has 0 radical (unpaired) electrons. The summed E-state index contributed by atoms with van der Waals surface area (Å²) in [7, 11) is 0. The maximum absolute atomic E-state index is 13.6. The van der Waals surface area contributed by atoms with Crippen LogP contribution in [-0.4, -0.2) is 31.9 Å². The summed E-state index contributed by atoms with van der Waals surface area (Å²) in [5, 5.41) is 4.15. The van der Waals surface area contributed by atoms with Gasteiger partial charge in [0.1, 0.15) is 11.5 Å². The van der Waals surface area contributed by atoms with Crippen molar-refractivity contribution in [3.05, 3.63) is 64.9 Å². The van der Waals surface area contributed by atoms with E-state index in [1.165, 1.54) is 24.3 Å². The molecule has 0 N–H and O–H groups in total. The molecule has 5 nitrogen and oxygen atoms in total. The number of amides is 1. The Balaban J connectivity index is 1.51. The predicted molar refractivity (Wildman–Crippen MR) is 99.3 cm³/mol. The van der Waals surface area contributed by atoms with Crippen LogP contribution >= 0.6 is 0 Å². The molecule has 2 aliphatic rings. The molecule has 0 bridgehead atoms. The van der Waals surface area contributed by atoms with E-state index in [9.17, 15) is 18.0 Å². The molecule has 5 rings (SSSR count). The molecule has 1 saturated carbocycles. The Hall–Kier alpha value is -2.90. The zero-order valence-electron chi connectivity index (χ0n) is 15.6. The summed E-state index contributed by atoms with van der Waals surface area (Å²) < 4.78 is 41.9. The summed E-state index contributed by atoms with van der Waals surface area (Å²) in [4.78, 5) is 19.2. The molecule has 29 heavy (non-hydrogen) atoms. The lowest BCUT2D eigenvalue weighted by Crippen LogP contribution is -2.31. The van der Waals surface area contributed by atoms with Gasteiger partial charge in [0, 0.05) is 24.2 Å². The van der Waals surface area contributed by atoms with Crippen LogP contribution in [0.25, 0.3) is 5.65 Å². The summed E-state index contributed by atoms with van der Waals surface area (Å²) in [6, 6.07) is 8.81. The summed E-state index contributed by atoms with van der Waals surface area (Å²) in [6.45, 7) is 0.510. The van der Waals surface area contributed by atoms with Crippen LogP contribution in [0.1, 0.15) is 71.5 Å². The van der Waals surface area contributed by atoms with Crippen LogP contribution in [0, 0.1) is 5.82 Å². The van der Waals surface area contributed by atoms with Crippen molar-refractivity contribution in [1.82, 2.24) is 19.5 Å². The van der Waals surface area contributed by atoms with Crippen LogP contribution in [0.15, 0.2) is 36.4 Å². The highest BCUT2D eigenvalue weighted by Crippen LogP contribution is 2.40. The molecule has 1 amide bonds. The van der Waals surface area contributed by atoms with E-state index in [-0.39, 0.29) is 40.7 Å². The van der Waals surface area contributed by atoms with E-state index in [4.69, 9.17) is 0 Å². The zero-order chi connectivity index (χ0) is 20.1. The molecule has 3 aromatic rings. The van der Waals surface area contributed by atoms with Gasteiger partial charge in [-0.1, -0.05) is 12.1 Å². The fraction of sp³-hybridized carbons (Fsp3) is 0.381. The van der Waals surface area contributed by atoms with Gasteiger partial charge in [-0.15, -0.1) is 0 Å². The van der Waals surface area contributed by atoms with Crippen molar-refractivity contribution in [3.8, 4) is 0 Å². The lowest BCUT2D eigenvalue weighted by Gasteiger charge is -2.24. The zero-order valence-corrected chi connectivity index (χ0v) is 15.6. The maximum Gasteiger partial charge on any atom is 0.280 e. The van der Waals surface area contributed by atoms with Gasteiger partial charge in [-0.25, -0.2) is 22.7 Å². The molecule has 1 aliphatic heterocycles. The minimum Gasteiger partial charge on any atom is -0.330 e. The number of rotatable bonds is 4. The van der Waals surface area contributed by atoms with Gasteiger partial charge >= 0.3 is 0 Å². The van der Waals surface area contributed by atoms with Gasteiger partial charge in [0.2, 0.25) is 0 Å². The third-order valence-electron chi connectivity index (χ3n) is 5.66. The van der Waals surface area contributed by atoms with E-state index in [0.717, 1.165) is 35.8 Å². The second-order valence-corrected chi connectivity index (χ2v) is 7.69. The van der Waals surface area contributed by atoms with Crippen LogP contribution in [-0.2, 0) is 0 Å². The Bertz CT molecular complexity index is 1090. The molecule has 1 aliphatic carbocycles. The van der Waals surface area contributed by atoms with Gasteiger partial charge in [0.05, 0.1) is 6.04 Å². The van der Waals surface area contributed by atoms with E-state index >= 15 is 0 Å². The number of alkyl halides is 2. The Morgan fingerprint density at radius 3 is 2.69 bits per heavy atom. The van der Waals surface area contributed by atoms with Gasteiger partial charge in [0.25, 0.3) is 12.3 Å². The molecule has 1 atom stereocenters. The average Bonchev–Trinajstić information content (AvgIpc) is 3.27. The van der Waals surface area contributed by atoms with E-state index in [1.54, 1.807) is 17.0 Å². The van der Waals surface area contributed by atoms with Crippen molar-refractivity contribution in [1.29, 1.82) is 0 Å². The predicted octanol–water partition coefficient (Wildman–Crippen LogP) is 4.66. The quantitative estimate of drug-likeness (QED) is 0.640. The molecule has 2 fully saturated rings. The fourth-order valence-corrected chi connectivity index (χ4v) is 4.08. The Kier molecular flexibility index (Phi) is 4.29. The Morgan fingerprint density at radius 1 is 1.14 bits per heavy atom. The second kappa shape index (κ2) is 6.86. The summed E-state index contributed by atoms with van der Waals surface area (Å²) in [5.41, 5.74) is 1.44. The van der Waals surface area contributed by atoms with Crippen molar-refractivity contribution < 1.29 is 18.0 Å². The molecule has 0 unspecified atom stereocenters. The summed E-state index contributed by atoms with van der Waals surface area (Å²) in [6.07, 6.45) is 0.665. The molecule has 0 spiro atoms. The Labute approximate surface area is 165 Å². The first kappa shape index (κ1) is 18.1. The highest BCUT2D eigenvalue weighted by Gasteiger charge is 2.33. The lowest BCUT2D eigenvalue weighted by molar-refractivity contribution is 0.0728. The molecule has 8 heteroatoms. The first-order valence-corrected chi connectivity index (χ1v) is 9.76. The number of carbonyl (C=O) groups excluding carboxylic acids is 1. The minimum absolute atomic E-state index is 0.0793. The van der Waals surface area contributed by atoms with Crippen LogP contribution in [0.2, 0.25) is 0 Å². The van der Waals surface area contributed by atoms with E-state index in [1.807, 2.05) is 0 Å².